The molecule has 6 heteroatoms. The molecule has 13 aromatic carbocycles. The minimum absolute atomic E-state index is 0.0272. The van der Waals surface area contributed by atoms with Crippen LogP contribution in [-0.2, 0) is 32.5 Å². The summed E-state index contributed by atoms with van der Waals surface area (Å²) in [5, 5.41) is 7.22. The van der Waals surface area contributed by atoms with E-state index in [1.807, 2.05) is 0 Å². The van der Waals surface area contributed by atoms with Crippen LogP contribution < -0.4 is 26.2 Å². The molecular weight excluding hydrogens is 1310 g/mol. The van der Waals surface area contributed by atoms with Crippen LogP contribution in [0.25, 0.3) is 110 Å². The van der Waals surface area contributed by atoms with Crippen molar-refractivity contribution in [2.75, 3.05) is 9.80 Å². The molecule has 0 saturated heterocycles. The largest absolute Gasteiger partial charge is 0.455 e. The van der Waals surface area contributed by atoms with Crippen LogP contribution in [0.1, 0.15) is 156 Å². The minimum Gasteiger partial charge on any atom is -0.455 e. The highest BCUT2D eigenvalue weighted by molar-refractivity contribution is 7.00. The molecule has 2 aliphatic carbocycles. The number of furan rings is 1. The molecule has 108 heavy (non-hydrogen) atoms. The van der Waals surface area contributed by atoms with Gasteiger partial charge in [-0.1, -0.05) is 255 Å². The standard InChI is InChI=1S/C102H93BN4O/c1-97(2,3)67-36-48-88-78(58-67)74-22-15-18-27-86(74)106(88)71-42-46-84-90(60-71)104(69-38-30-62(31-39-69)64-34-44-80-82(54-64)101(11,12)52-50-99(80,7)8)92-56-66(73-25-21-26-77-76-24-17-20-29-94(76)108-96(73)77)57-93-95(92)103(84)85-47-43-72(107-87-28-19-16-23-75(87)79-59-68(98(4,5)6)37-49-89(79)107)61-91(85)105(93)70-40-32-63(33-41-70)65-35-45-81-83(55-65)102(13,14)53-51-100(81,9)10/h15-49,54-61H,50-53H2,1-14H3. The SMILES string of the molecule is CC(C)(C)c1ccc2c(c1)c1ccccc1n2-c1ccc2c(c1)N(c1ccc(-c3ccc4c(c3)C(C)(C)CCC4(C)C)cc1)c1cc(-c3cccc4c3oc3ccccc34)cc3c1B2c1ccc(-n2c4ccccc4c4cc(C(C)(C)C)ccc42)cc1N3c1ccc(-c2ccc3c(c2)C(C)(C)CCC3(C)C)cc1. The van der Waals surface area contributed by atoms with E-state index in [0.29, 0.717) is 0 Å². The first-order valence-electron chi connectivity index (χ1n) is 39.3. The highest BCUT2D eigenvalue weighted by Crippen LogP contribution is 2.53. The van der Waals surface area contributed by atoms with Crippen LogP contribution in [0, 0.1) is 0 Å². The number of hydrogen-bond donors (Lipinski definition) is 0. The lowest BCUT2D eigenvalue weighted by atomic mass is 9.33. The summed E-state index contributed by atoms with van der Waals surface area (Å²) in [5.41, 5.74) is 35.0. The zero-order chi connectivity index (χ0) is 74.0. The Morgan fingerprint density at radius 2 is 0.704 bits per heavy atom. The maximum absolute atomic E-state index is 7.13. The van der Waals surface area contributed by atoms with Gasteiger partial charge in [-0.3, -0.25) is 0 Å². The Labute approximate surface area is 636 Å². The molecule has 16 aromatic rings. The summed E-state index contributed by atoms with van der Waals surface area (Å²) in [6.45, 7) is 33.2. The van der Waals surface area contributed by atoms with Gasteiger partial charge in [-0.15, -0.1) is 0 Å². The molecule has 0 saturated carbocycles. The van der Waals surface area contributed by atoms with Crippen LogP contribution in [0.5, 0.6) is 0 Å². The molecule has 2 aliphatic heterocycles. The maximum atomic E-state index is 7.13. The Bertz CT molecular complexity index is 6140. The predicted octanol–water partition coefficient (Wildman–Crippen LogP) is 26.2. The molecule has 5 nitrogen and oxygen atoms in total. The molecule has 0 fully saturated rings. The Kier molecular flexibility index (Phi) is 14.3. The average Bonchev–Trinajstić information content (AvgIpc) is 0.730. The van der Waals surface area contributed by atoms with E-state index >= 15 is 0 Å². The first kappa shape index (κ1) is 66.4. The van der Waals surface area contributed by atoms with E-state index in [1.165, 1.54) is 128 Å². The second kappa shape index (κ2) is 23.2. The Balaban J connectivity index is 0.869. The van der Waals surface area contributed by atoms with Gasteiger partial charge in [0.2, 0.25) is 0 Å². The van der Waals surface area contributed by atoms with E-state index in [-0.39, 0.29) is 39.2 Å². The van der Waals surface area contributed by atoms with Crippen molar-refractivity contribution >= 4 is 123 Å². The third-order valence-electron chi connectivity index (χ3n) is 26.0. The molecule has 530 valence electrons. The van der Waals surface area contributed by atoms with Gasteiger partial charge in [0.05, 0.1) is 22.1 Å². The van der Waals surface area contributed by atoms with Gasteiger partial charge in [0.25, 0.3) is 6.71 Å². The molecule has 0 bridgehead atoms. The van der Waals surface area contributed by atoms with Gasteiger partial charge in [0, 0.05) is 83.4 Å². The highest BCUT2D eigenvalue weighted by atomic mass is 16.3. The van der Waals surface area contributed by atoms with E-state index in [9.17, 15) is 0 Å². The van der Waals surface area contributed by atoms with Crippen molar-refractivity contribution in [1.29, 1.82) is 0 Å². The van der Waals surface area contributed by atoms with Gasteiger partial charge < -0.3 is 23.4 Å². The van der Waals surface area contributed by atoms with Crippen LogP contribution in [-0.4, -0.2) is 15.8 Å². The molecule has 0 unspecified atom stereocenters. The number of benzene rings is 13. The van der Waals surface area contributed by atoms with Crippen molar-refractivity contribution in [3.05, 3.63) is 294 Å². The van der Waals surface area contributed by atoms with E-state index < -0.39 is 0 Å². The van der Waals surface area contributed by atoms with E-state index in [4.69, 9.17) is 4.42 Å². The number of hydrogen-bond acceptors (Lipinski definition) is 3. The zero-order valence-corrected chi connectivity index (χ0v) is 64.9. The second-order valence-electron chi connectivity index (χ2n) is 36.6. The lowest BCUT2D eigenvalue weighted by Crippen LogP contribution is -2.61. The van der Waals surface area contributed by atoms with Crippen LogP contribution >= 0.6 is 0 Å². The quantitative estimate of drug-likeness (QED) is 0.149. The zero-order valence-electron chi connectivity index (χ0n) is 64.9. The van der Waals surface area contributed by atoms with Crippen molar-refractivity contribution in [1.82, 2.24) is 9.13 Å². The van der Waals surface area contributed by atoms with Crippen LogP contribution in [0.15, 0.2) is 265 Å². The van der Waals surface area contributed by atoms with Crippen molar-refractivity contribution in [3.8, 4) is 44.8 Å². The molecule has 0 atom stereocenters. The lowest BCUT2D eigenvalue weighted by molar-refractivity contribution is 0.332. The molecule has 0 N–H and O–H groups in total. The topological polar surface area (TPSA) is 29.5 Å². The van der Waals surface area contributed by atoms with E-state index in [0.717, 1.165) is 91.4 Å². The smallest absolute Gasteiger partial charge is 0.252 e. The summed E-state index contributed by atoms with van der Waals surface area (Å²) in [6.07, 6.45) is 4.68. The molecule has 0 amide bonds. The average molecular weight is 1400 g/mol. The Morgan fingerprint density at radius 3 is 1.17 bits per heavy atom. The molecule has 0 spiro atoms. The fraction of sp³-hybridized carbons (Fsp3) is 0.235. The first-order valence-corrected chi connectivity index (χ1v) is 39.3. The van der Waals surface area contributed by atoms with Crippen LogP contribution in [0.2, 0.25) is 0 Å². The van der Waals surface area contributed by atoms with Gasteiger partial charge in [-0.25, -0.2) is 0 Å². The molecule has 20 rings (SSSR count). The molecule has 0 radical (unpaired) electrons. The normalized spacial score (nSPS) is 16.1. The Morgan fingerprint density at radius 1 is 0.306 bits per heavy atom. The number of fused-ring (bicyclic) bond motifs is 15. The predicted molar refractivity (Wildman–Crippen MR) is 461 cm³/mol. The summed E-state index contributed by atoms with van der Waals surface area (Å²) in [5.74, 6) is 0. The molecular formula is C102H93BN4O. The summed E-state index contributed by atoms with van der Waals surface area (Å²) in [6, 6.07) is 101. The monoisotopic (exact) mass is 1400 g/mol. The van der Waals surface area contributed by atoms with Crippen LogP contribution in [0.4, 0.5) is 34.1 Å². The number of rotatable bonds is 7. The van der Waals surface area contributed by atoms with E-state index in [2.05, 4.69) is 377 Å². The van der Waals surface area contributed by atoms with Gasteiger partial charge in [-0.2, -0.15) is 0 Å². The number of aromatic nitrogens is 2. The number of nitrogens with zero attached hydrogens (tertiary/aromatic N) is 4. The maximum Gasteiger partial charge on any atom is 0.252 e. The van der Waals surface area contributed by atoms with Crippen LogP contribution in [0.3, 0.4) is 0 Å². The fourth-order valence-electron chi connectivity index (χ4n) is 19.5. The van der Waals surface area contributed by atoms with Crippen molar-refractivity contribution in [2.45, 2.75) is 155 Å². The van der Waals surface area contributed by atoms with Crippen molar-refractivity contribution < 1.29 is 4.42 Å². The summed E-state index contributed by atoms with van der Waals surface area (Å²) >= 11 is 0. The second-order valence-corrected chi connectivity index (χ2v) is 36.6. The number of anilines is 6. The van der Waals surface area contributed by atoms with Crippen molar-refractivity contribution in [2.24, 2.45) is 0 Å². The summed E-state index contributed by atoms with van der Waals surface area (Å²) < 4.78 is 12.2. The minimum atomic E-state index is -0.198. The third-order valence-corrected chi connectivity index (χ3v) is 26.0. The van der Waals surface area contributed by atoms with Gasteiger partial charge in [0.1, 0.15) is 11.2 Å². The molecule has 4 aliphatic rings. The Hall–Kier alpha value is -11.1. The highest BCUT2D eigenvalue weighted by Gasteiger charge is 2.46. The van der Waals surface area contributed by atoms with Gasteiger partial charge >= 0.3 is 0 Å². The molecule has 3 aromatic heterocycles. The van der Waals surface area contributed by atoms with Crippen molar-refractivity contribution in [3.63, 3.8) is 0 Å². The summed E-state index contributed by atoms with van der Waals surface area (Å²) in [7, 11) is 0. The van der Waals surface area contributed by atoms with Gasteiger partial charge in [-0.05, 0) is 239 Å². The number of para-hydroxylation sites is 4. The fourth-order valence-corrected chi connectivity index (χ4v) is 19.5. The first-order chi connectivity index (χ1) is 51.8. The molecule has 5 heterocycles. The van der Waals surface area contributed by atoms with Gasteiger partial charge in [0.15, 0.2) is 0 Å². The van der Waals surface area contributed by atoms with E-state index in [1.54, 1.807) is 0 Å². The lowest BCUT2D eigenvalue weighted by Gasteiger charge is -2.44. The summed E-state index contributed by atoms with van der Waals surface area (Å²) in [4.78, 5) is 5.24. The third kappa shape index (κ3) is 10.1.